The first kappa shape index (κ1) is 25.1. The molecule has 0 saturated heterocycles. The summed E-state index contributed by atoms with van der Waals surface area (Å²) in [5.41, 5.74) is -1.33. The van der Waals surface area contributed by atoms with Crippen LogP contribution in [0.4, 0.5) is 24.7 Å². The van der Waals surface area contributed by atoms with Gasteiger partial charge in [-0.25, -0.2) is 9.99 Å². The second kappa shape index (κ2) is 9.74. The number of hydrazone groups is 1. The highest BCUT2D eigenvalue weighted by Gasteiger charge is 2.46. The van der Waals surface area contributed by atoms with Gasteiger partial charge in [-0.05, 0) is 38.1 Å². The van der Waals surface area contributed by atoms with Crippen LogP contribution in [0, 0.1) is 0 Å². The van der Waals surface area contributed by atoms with Crippen molar-refractivity contribution in [3.63, 3.8) is 0 Å². The molecule has 13 heteroatoms. The molecule has 7 nitrogen and oxygen atoms in total. The van der Waals surface area contributed by atoms with E-state index in [0.717, 1.165) is 5.01 Å². The largest absolute Gasteiger partial charge is 0.431 e. The predicted octanol–water partition coefficient (Wildman–Crippen LogP) is 5.32. The molecule has 1 aromatic heterocycles. The fourth-order valence-corrected chi connectivity index (χ4v) is 3.80. The van der Waals surface area contributed by atoms with Crippen molar-refractivity contribution in [3.05, 3.63) is 51.1 Å². The molecule has 1 aliphatic heterocycles. The molecule has 1 aliphatic rings. The molecule has 2 N–H and O–H groups in total. The second-order valence-electron chi connectivity index (χ2n) is 7.35. The maximum Gasteiger partial charge on any atom is 0.431 e. The molecular formula is C20H17Cl3F3N5O2. The number of anilines is 2. The number of benzene rings is 1. The van der Waals surface area contributed by atoms with Gasteiger partial charge in [0, 0.05) is 23.7 Å². The van der Waals surface area contributed by atoms with E-state index in [2.05, 4.69) is 20.7 Å². The lowest BCUT2D eigenvalue weighted by atomic mass is 10.1. The molecule has 2 heterocycles. The number of rotatable bonds is 5. The number of carbonyl (C=O) groups is 2. The number of amides is 2. The van der Waals surface area contributed by atoms with Gasteiger partial charge in [0.05, 0.1) is 21.3 Å². The Morgan fingerprint density at radius 2 is 1.88 bits per heavy atom. The molecule has 0 fully saturated rings. The predicted molar refractivity (Wildman–Crippen MR) is 121 cm³/mol. The van der Waals surface area contributed by atoms with Crippen LogP contribution in [0.1, 0.15) is 30.6 Å². The van der Waals surface area contributed by atoms with E-state index in [-0.39, 0.29) is 38.2 Å². The van der Waals surface area contributed by atoms with Gasteiger partial charge >= 0.3 is 6.18 Å². The van der Waals surface area contributed by atoms with Crippen LogP contribution < -0.4 is 15.6 Å². The van der Waals surface area contributed by atoms with Crippen LogP contribution in [0.5, 0.6) is 0 Å². The Morgan fingerprint density at radius 3 is 2.48 bits per heavy atom. The van der Waals surface area contributed by atoms with Crippen LogP contribution in [0.15, 0.2) is 35.6 Å². The van der Waals surface area contributed by atoms with Crippen molar-refractivity contribution in [2.75, 3.05) is 10.3 Å². The highest BCUT2D eigenvalue weighted by molar-refractivity contribution is 6.38. The lowest BCUT2D eigenvalue weighted by molar-refractivity contribution is -0.117. The first-order chi connectivity index (χ1) is 15.4. The minimum Gasteiger partial charge on any atom is -0.350 e. The van der Waals surface area contributed by atoms with E-state index >= 15 is 0 Å². The molecule has 1 atom stereocenters. The van der Waals surface area contributed by atoms with E-state index < -0.39 is 36.2 Å². The van der Waals surface area contributed by atoms with Gasteiger partial charge in [0.15, 0.2) is 5.82 Å². The van der Waals surface area contributed by atoms with Gasteiger partial charge in [-0.1, -0.05) is 34.8 Å². The van der Waals surface area contributed by atoms with Gasteiger partial charge in [-0.3, -0.25) is 9.59 Å². The highest BCUT2D eigenvalue weighted by Crippen LogP contribution is 2.35. The van der Waals surface area contributed by atoms with Gasteiger partial charge < -0.3 is 10.6 Å². The quantitative estimate of drug-likeness (QED) is 0.557. The van der Waals surface area contributed by atoms with Crippen molar-refractivity contribution in [1.29, 1.82) is 0 Å². The average Bonchev–Trinajstić information content (AvgIpc) is 3.15. The number of nitrogens with one attached hydrogen (secondary N) is 2. The van der Waals surface area contributed by atoms with E-state index in [9.17, 15) is 22.8 Å². The van der Waals surface area contributed by atoms with Crippen LogP contribution in [0.25, 0.3) is 0 Å². The van der Waals surface area contributed by atoms with E-state index in [4.69, 9.17) is 34.8 Å². The molecule has 0 aliphatic carbocycles. The zero-order chi connectivity index (χ0) is 24.5. The first-order valence-corrected chi connectivity index (χ1v) is 10.7. The van der Waals surface area contributed by atoms with E-state index in [0.29, 0.717) is 0 Å². The normalized spacial score (nSPS) is 16.1. The van der Waals surface area contributed by atoms with Gasteiger partial charge in [-0.15, -0.1) is 0 Å². The van der Waals surface area contributed by atoms with Gasteiger partial charge in [0.2, 0.25) is 5.91 Å². The summed E-state index contributed by atoms with van der Waals surface area (Å²) in [6, 6.07) is 3.79. The summed E-state index contributed by atoms with van der Waals surface area (Å²) in [6.07, 6.45) is -4.22. The van der Waals surface area contributed by atoms with Crippen molar-refractivity contribution >= 4 is 63.8 Å². The monoisotopic (exact) mass is 521 g/mol. The Balaban J connectivity index is 1.98. The van der Waals surface area contributed by atoms with Crippen LogP contribution in [0.2, 0.25) is 15.1 Å². The van der Waals surface area contributed by atoms with E-state index in [1.807, 2.05) is 0 Å². The summed E-state index contributed by atoms with van der Waals surface area (Å²) in [5, 5.41) is 9.53. The number of hydrogen-bond acceptors (Lipinski definition) is 5. The summed E-state index contributed by atoms with van der Waals surface area (Å²) in [6.45, 7) is 3.45. The summed E-state index contributed by atoms with van der Waals surface area (Å²) < 4.78 is 40.1. The third-order valence-electron chi connectivity index (χ3n) is 4.46. The minimum absolute atomic E-state index is 0.00370. The van der Waals surface area contributed by atoms with Crippen LogP contribution in [-0.2, 0) is 4.79 Å². The summed E-state index contributed by atoms with van der Waals surface area (Å²) >= 11 is 18.3. The Bertz CT molecular complexity index is 1120. The lowest BCUT2D eigenvalue weighted by Crippen LogP contribution is -2.40. The molecule has 176 valence electrons. The molecule has 0 spiro atoms. The fraction of sp³-hybridized carbons (Fsp3) is 0.300. The smallest absolute Gasteiger partial charge is 0.350 e. The van der Waals surface area contributed by atoms with Crippen molar-refractivity contribution in [3.8, 4) is 0 Å². The number of halogens is 6. The van der Waals surface area contributed by atoms with Crippen LogP contribution in [-0.4, -0.2) is 40.8 Å². The zero-order valence-electron chi connectivity index (χ0n) is 17.2. The van der Waals surface area contributed by atoms with Gasteiger partial charge in [0.1, 0.15) is 11.8 Å². The molecule has 0 bridgehead atoms. The fourth-order valence-electron chi connectivity index (χ4n) is 3.05. The number of nitrogens with zero attached hydrogens (tertiary/aromatic N) is 3. The van der Waals surface area contributed by atoms with Crippen LogP contribution in [0.3, 0.4) is 0 Å². The molecule has 3 rings (SSSR count). The highest BCUT2D eigenvalue weighted by atomic mass is 35.5. The Labute approximate surface area is 201 Å². The SMILES string of the molecule is CC(C)NC(=O)c1cc(Cl)cc(Cl)c1NC(=O)C1CC(C(F)(F)F)=NN1c1ncccc1Cl. The van der Waals surface area contributed by atoms with E-state index in [1.54, 1.807) is 13.8 Å². The maximum atomic E-state index is 13.4. The molecule has 1 unspecified atom stereocenters. The molecule has 2 amide bonds. The van der Waals surface area contributed by atoms with Crippen LogP contribution >= 0.6 is 34.8 Å². The van der Waals surface area contributed by atoms with Crippen molar-refractivity contribution in [2.24, 2.45) is 5.10 Å². The maximum absolute atomic E-state index is 13.4. The first-order valence-electron chi connectivity index (χ1n) is 9.53. The molecular weight excluding hydrogens is 506 g/mol. The number of alkyl halides is 3. The number of aromatic nitrogens is 1. The molecule has 0 radical (unpaired) electrons. The summed E-state index contributed by atoms with van der Waals surface area (Å²) in [4.78, 5) is 29.7. The van der Waals surface area contributed by atoms with Gasteiger partial charge in [-0.2, -0.15) is 18.3 Å². The van der Waals surface area contributed by atoms with Gasteiger partial charge in [0.25, 0.3) is 5.91 Å². The summed E-state index contributed by atoms with van der Waals surface area (Å²) in [7, 11) is 0. The molecule has 1 aromatic carbocycles. The molecule has 2 aromatic rings. The number of carbonyl (C=O) groups excluding carboxylic acids is 2. The second-order valence-corrected chi connectivity index (χ2v) is 8.60. The van der Waals surface area contributed by atoms with Crippen molar-refractivity contribution < 1.29 is 22.8 Å². The standard InChI is InChI=1S/C20H17Cl3F3N5O2/c1-9(2)28-18(32)11-6-10(21)7-13(23)16(11)29-19(33)14-8-15(20(24,25)26)30-31(14)17-12(22)4-3-5-27-17/h3-7,9,14H,8H2,1-2H3,(H,28,32)(H,29,33). The third-order valence-corrected chi connectivity index (χ3v) is 5.28. The molecule has 33 heavy (non-hydrogen) atoms. The minimum atomic E-state index is -4.77. The molecule has 0 saturated carbocycles. The van der Waals surface area contributed by atoms with E-state index in [1.165, 1.54) is 30.5 Å². The Hall–Kier alpha value is -2.56. The zero-order valence-corrected chi connectivity index (χ0v) is 19.4. The third kappa shape index (κ3) is 5.69. The Morgan fingerprint density at radius 1 is 1.18 bits per heavy atom. The number of hydrogen-bond donors (Lipinski definition) is 2. The Kier molecular flexibility index (Phi) is 7.40. The van der Waals surface area contributed by atoms with Crippen molar-refractivity contribution in [1.82, 2.24) is 10.3 Å². The summed E-state index contributed by atoms with van der Waals surface area (Å²) in [5.74, 6) is -1.60. The topological polar surface area (TPSA) is 86.7 Å². The van der Waals surface area contributed by atoms with Crippen molar-refractivity contribution in [2.45, 2.75) is 38.5 Å². The number of pyridine rings is 1. The lowest BCUT2D eigenvalue weighted by Gasteiger charge is -2.23. The average molecular weight is 523 g/mol.